The van der Waals surface area contributed by atoms with Gasteiger partial charge in [-0.3, -0.25) is 9.59 Å². The summed E-state index contributed by atoms with van der Waals surface area (Å²) in [7, 11) is 0. The SMILES string of the molecule is CCc1ccccc1NC(=O)CN(C(C)=O)c1ccc2c(c1)OCCO2. The van der Waals surface area contributed by atoms with Crippen LogP contribution in [0.3, 0.4) is 0 Å². The number of benzene rings is 2. The maximum absolute atomic E-state index is 12.5. The molecule has 1 N–H and O–H groups in total. The molecule has 1 aliphatic rings. The fourth-order valence-corrected chi connectivity index (χ4v) is 2.87. The molecule has 26 heavy (non-hydrogen) atoms. The molecule has 3 rings (SSSR count). The molecule has 0 spiro atoms. The number of amides is 2. The van der Waals surface area contributed by atoms with Crippen molar-refractivity contribution in [3.8, 4) is 11.5 Å². The van der Waals surface area contributed by atoms with Crippen LogP contribution in [0, 0.1) is 0 Å². The van der Waals surface area contributed by atoms with Gasteiger partial charge in [0.1, 0.15) is 19.8 Å². The first-order chi connectivity index (χ1) is 12.6. The minimum atomic E-state index is -0.254. The van der Waals surface area contributed by atoms with Crippen molar-refractivity contribution in [2.24, 2.45) is 0 Å². The minimum Gasteiger partial charge on any atom is -0.486 e. The molecule has 2 amide bonds. The number of carbonyl (C=O) groups is 2. The van der Waals surface area contributed by atoms with E-state index in [9.17, 15) is 9.59 Å². The predicted octanol–water partition coefficient (Wildman–Crippen LogP) is 3.01. The van der Waals surface area contributed by atoms with Crippen LogP contribution in [0.1, 0.15) is 19.4 Å². The van der Waals surface area contributed by atoms with Gasteiger partial charge in [0, 0.05) is 24.4 Å². The van der Waals surface area contributed by atoms with Crippen molar-refractivity contribution in [2.45, 2.75) is 20.3 Å². The third-order valence-electron chi connectivity index (χ3n) is 4.19. The third-order valence-corrected chi connectivity index (χ3v) is 4.19. The Morgan fingerprint density at radius 3 is 2.54 bits per heavy atom. The molecule has 0 unspecified atom stereocenters. The number of aryl methyl sites for hydroxylation is 1. The zero-order chi connectivity index (χ0) is 18.5. The molecular weight excluding hydrogens is 332 g/mol. The highest BCUT2D eigenvalue weighted by molar-refractivity contribution is 6.02. The van der Waals surface area contributed by atoms with E-state index >= 15 is 0 Å². The molecular formula is C20H22N2O4. The number of hydrogen-bond acceptors (Lipinski definition) is 4. The summed E-state index contributed by atoms with van der Waals surface area (Å²) in [5, 5.41) is 2.89. The van der Waals surface area contributed by atoms with Crippen LogP contribution in [-0.2, 0) is 16.0 Å². The standard InChI is InChI=1S/C20H22N2O4/c1-3-15-6-4-5-7-17(15)21-20(24)13-22(14(2)23)16-8-9-18-19(12-16)26-11-10-25-18/h4-9,12H,3,10-11,13H2,1-2H3,(H,21,24). The highest BCUT2D eigenvalue weighted by Crippen LogP contribution is 2.34. The molecule has 6 nitrogen and oxygen atoms in total. The minimum absolute atomic E-state index is 0.0764. The number of ether oxygens (including phenoxy) is 2. The monoisotopic (exact) mass is 354 g/mol. The topological polar surface area (TPSA) is 67.9 Å². The van der Waals surface area contributed by atoms with Gasteiger partial charge in [-0.15, -0.1) is 0 Å². The molecule has 0 bridgehead atoms. The molecule has 0 saturated heterocycles. The summed E-state index contributed by atoms with van der Waals surface area (Å²) < 4.78 is 11.1. The van der Waals surface area contributed by atoms with E-state index < -0.39 is 0 Å². The first-order valence-corrected chi connectivity index (χ1v) is 8.64. The van der Waals surface area contributed by atoms with E-state index in [2.05, 4.69) is 5.32 Å². The van der Waals surface area contributed by atoms with E-state index in [0.717, 1.165) is 17.7 Å². The van der Waals surface area contributed by atoms with Crippen LogP contribution in [0.2, 0.25) is 0 Å². The third kappa shape index (κ3) is 3.96. The van der Waals surface area contributed by atoms with Gasteiger partial charge < -0.3 is 19.7 Å². The van der Waals surface area contributed by atoms with Crippen LogP contribution >= 0.6 is 0 Å². The summed E-state index contributed by atoms with van der Waals surface area (Å²) in [4.78, 5) is 26.0. The highest BCUT2D eigenvalue weighted by Gasteiger charge is 2.20. The molecule has 136 valence electrons. The lowest BCUT2D eigenvalue weighted by molar-refractivity contribution is -0.120. The van der Waals surface area contributed by atoms with Gasteiger partial charge in [0.2, 0.25) is 11.8 Å². The summed E-state index contributed by atoms with van der Waals surface area (Å²) in [5.74, 6) is 0.748. The van der Waals surface area contributed by atoms with E-state index in [-0.39, 0.29) is 18.4 Å². The van der Waals surface area contributed by atoms with Crippen LogP contribution in [0.15, 0.2) is 42.5 Å². The number of nitrogens with zero attached hydrogens (tertiary/aromatic N) is 1. The summed E-state index contributed by atoms with van der Waals surface area (Å²) >= 11 is 0. The van der Waals surface area contributed by atoms with Gasteiger partial charge in [-0.2, -0.15) is 0 Å². The van der Waals surface area contributed by atoms with E-state index in [0.29, 0.717) is 30.4 Å². The quantitative estimate of drug-likeness (QED) is 0.896. The largest absolute Gasteiger partial charge is 0.486 e. The summed E-state index contributed by atoms with van der Waals surface area (Å²) in [6.07, 6.45) is 0.815. The lowest BCUT2D eigenvalue weighted by atomic mass is 10.1. The van der Waals surface area contributed by atoms with Crippen LogP contribution in [0.4, 0.5) is 11.4 Å². The number of hydrogen-bond donors (Lipinski definition) is 1. The average molecular weight is 354 g/mol. The van der Waals surface area contributed by atoms with Crippen LogP contribution < -0.4 is 19.7 Å². The Bertz CT molecular complexity index is 819. The smallest absolute Gasteiger partial charge is 0.244 e. The lowest BCUT2D eigenvalue weighted by Crippen LogP contribution is -2.36. The summed E-state index contributed by atoms with van der Waals surface area (Å²) in [6.45, 7) is 4.35. The van der Waals surface area contributed by atoms with E-state index in [1.165, 1.54) is 11.8 Å². The molecule has 1 aliphatic heterocycles. The van der Waals surface area contributed by atoms with Gasteiger partial charge in [-0.1, -0.05) is 25.1 Å². The number of nitrogens with one attached hydrogen (secondary N) is 1. The molecule has 0 saturated carbocycles. The van der Waals surface area contributed by atoms with Gasteiger partial charge in [0.25, 0.3) is 0 Å². The Morgan fingerprint density at radius 1 is 1.08 bits per heavy atom. The lowest BCUT2D eigenvalue weighted by Gasteiger charge is -2.24. The van der Waals surface area contributed by atoms with Crippen LogP contribution in [-0.4, -0.2) is 31.6 Å². The molecule has 0 radical (unpaired) electrons. The molecule has 0 aliphatic carbocycles. The zero-order valence-corrected chi connectivity index (χ0v) is 15.0. The Kier molecular flexibility index (Phi) is 5.41. The van der Waals surface area contributed by atoms with Crippen molar-refractivity contribution in [2.75, 3.05) is 30.0 Å². The van der Waals surface area contributed by atoms with E-state index in [4.69, 9.17) is 9.47 Å². The molecule has 2 aromatic rings. The first kappa shape index (κ1) is 17.8. The molecule has 0 fully saturated rings. The molecule has 0 atom stereocenters. The van der Waals surface area contributed by atoms with Gasteiger partial charge in [0.05, 0.1) is 0 Å². The average Bonchev–Trinajstić information content (AvgIpc) is 2.66. The van der Waals surface area contributed by atoms with E-state index in [1.54, 1.807) is 18.2 Å². The second-order valence-corrected chi connectivity index (χ2v) is 5.99. The second-order valence-electron chi connectivity index (χ2n) is 5.99. The van der Waals surface area contributed by atoms with Crippen LogP contribution in [0.25, 0.3) is 0 Å². The van der Waals surface area contributed by atoms with Crippen molar-refractivity contribution in [1.82, 2.24) is 0 Å². The summed E-state index contributed by atoms with van der Waals surface area (Å²) in [5.41, 5.74) is 2.42. The van der Waals surface area contributed by atoms with Crippen LogP contribution in [0.5, 0.6) is 11.5 Å². The maximum atomic E-state index is 12.5. The Hall–Kier alpha value is -3.02. The number of anilines is 2. The van der Waals surface area contributed by atoms with Crippen molar-refractivity contribution in [3.63, 3.8) is 0 Å². The number of para-hydroxylation sites is 1. The van der Waals surface area contributed by atoms with Gasteiger partial charge >= 0.3 is 0 Å². The molecule has 6 heteroatoms. The Balaban J connectivity index is 1.76. The van der Waals surface area contributed by atoms with Crippen molar-refractivity contribution in [3.05, 3.63) is 48.0 Å². The van der Waals surface area contributed by atoms with Gasteiger partial charge in [-0.25, -0.2) is 0 Å². The summed E-state index contributed by atoms with van der Waals surface area (Å²) in [6, 6.07) is 12.9. The fraction of sp³-hybridized carbons (Fsp3) is 0.300. The first-order valence-electron chi connectivity index (χ1n) is 8.64. The Morgan fingerprint density at radius 2 is 1.81 bits per heavy atom. The Labute approximate surface area is 152 Å². The predicted molar refractivity (Wildman–Crippen MR) is 99.9 cm³/mol. The number of fused-ring (bicyclic) bond motifs is 1. The molecule has 2 aromatic carbocycles. The number of rotatable bonds is 5. The highest BCUT2D eigenvalue weighted by atomic mass is 16.6. The van der Waals surface area contributed by atoms with Crippen molar-refractivity contribution < 1.29 is 19.1 Å². The van der Waals surface area contributed by atoms with Crippen molar-refractivity contribution >= 4 is 23.2 Å². The van der Waals surface area contributed by atoms with Gasteiger partial charge in [0.15, 0.2) is 11.5 Å². The normalized spacial score (nSPS) is 12.4. The number of carbonyl (C=O) groups excluding carboxylic acids is 2. The second kappa shape index (κ2) is 7.91. The molecule has 1 heterocycles. The van der Waals surface area contributed by atoms with E-state index in [1.807, 2.05) is 31.2 Å². The zero-order valence-electron chi connectivity index (χ0n) is 15.0. The fourth-order valence-electron chi connectivity index (χ4n) is 2.87. The maximum Gasteiger partial charge on any atom is 0.244 e. The van der Waals surface area contributed by atoms with Crippen molar-refractivity contribution in [1.29, 1.82) is 0 Å². The molecule has 0 aromatic heterocycles. The van der Waals surface area contributed by atoms with Gasteiger partial charge in [-0.05, 0) is 30.2 Å².